The smallest absolute Gasteiger partial charge is 0.0453 e. The molecule has 0 radical (unpaired) electrons. The second-order valence-electron chi connectivity index (χ2n) is 2.95. The van der Waals surface area contributed by atoms with Gasteiger partial charge in [0.2, 0.25) is 0 Å². The van der Waals surface area contributed by atoms with Gasteiger partial charge in [-0.25, -0.2) is 0 Å². The monoisotopic (exact) mass is 159 g/mol. The van der Waals surface area contributed by atoms with E-state index in [2.05, 4.69) is 36.5 Å². The van der Waals surface area contributed by atoms with Crippen molar-refractivity contribution in [3.63, 3.8) is 0 Å². The van der Waals surface area contributed by atoms with Gasteiger partial charge in [0, 0.05) is 13.3 Å². The zero-order valence-electron chi connectivity index (χ0n) is 7.04. The van der Waals surface area contributed by atoms with Gasteiger partial charge in [0.05, 0.1) is 0 Å². The Hall–Kier alpha value is -1.50. The van der Waals surface area contributed by atoms with Gasteiger partial charge in [-0.2, -0.15) is 0 Å². The molecule has 2 rings (SSSR count). The Kier molecular flexibility index (Phi) is 1.71. The molecule has 0 saturated heterocycles. The second-order valence-corrected chi connectivity index (χ2v) is 2.95. The summed E-state index contributed by atoms with van der Waals surface area (Å²) in [5.41, 5.74) is 3.72. The first-order valence-corrected chi connectivity index (χ1v) is 4.07. The third kappa shape index (κ3) is 1.26. The maximum atomic E-state index is 3.21. The van der Waals surface area contributed by atoms with E-state index in [1.54, 1.807) is 0 Å². The Labute approximate surface area is 73.9 Å². The fourth-order valence-corrected chi connectivity index (χ4v) is 1.30. The minimum atomic E-state index is 0. The van der Waals surface area contributed by atoms with E-state index in [-0.39, 0.29) is 1.43 Å². The Morgan fingerprint density at radius 3 is 3.08 bits per heavy atom. The summed E-state index contributed by atoms with van der Waals surface area (Å²) in [6.45, 7) is 2.10. The van der Waals surface area contributed by atoms with E-state index < -0.39 is 0 Å². The van der Waals surface area contributed by atoms with E-state index >= 15 is 0 Å². The fraction of sp³-hybridized carbons (Fsp3) is 0.0909. The van der Waals surface area contributed by atoms with Gasteiger partial charge in [-0.05, 0) is 30.7 Å². The highest BCUT2D eigenvalue weighted by Crippen LogP contribution is 2.20. The molecule has 0 fully saturated rings. The van der Waals surface area contributed by atoms with Gasteiger partial charge >= 0.3 is 0 Å². The first-order chi connectivity index (χ1) is 5.86. The van der Waals surface area contributed by atoms with E-state index in [1.807, 2.05) is 18.4 Å². The van der Waals surface area contributed by atoms with Crippen LogP contribution < -0.4 is 5.32 Å². The zero-order valence-corrected chi connectivity index (χ0v) is 7.04. The minimum absolute atomic E-state index is 0. The molecule has 0 atom stereocenters. The van der Waals surface area contributed by atoms with Gasteiger partial charge < -0.3 is 5.32 Å². The molecule has 1 aliphatic rings. The average molecular weight is 159 g/mol. The zero-order chi connectivity index (χ0) is 8.39. The quantitative estimate of drug-likeness (QED) is 0.613. The van der Waals surface area contributed by atoms with Crippen LogP contribution in [0.15, 0.2) is 36.6 Å². The van der Waals surface area contributed by atoms with Crippen LogP contribution in [0.1, 0.15) is 12.6 Å². The van der Waals surface area contributed by atoms with Crippen molar-refractivity contribution in [2.75, 3.05) is 5.32 Å². The van der Waals surface area contributed by atoms with Gasteiger partial charge in [-0.3, -0.25) is 0 Å². The summed E-state index contributed by atoms with van der Waals surface area (Å²) >= 11 is 0. The summed E-state index contributed by atoms with van der Waals surface area (Å²) in [7, 11) is 0. The second kappa shape index (κ2) is 2.86. The number of hydrogen-bond donors (Lipinski definition) is 1. The van der Waals surface area contributed by atoms with Crippen LogP contribution in [0.5, 0.6) is 0 Å². The van der Waals surface area contributed by atoms with Crippen molar-refractivity contribution in [1.29, 1.82) is 0 Å². The first-order valence-electron chi connectivity index (χ1n) is 4.07. The van der Waals surface area contributed by atoms with E-state index in [0.29, 0.717) is 0 Å². The number of hydrogen-bond acceptors (Lipinski definition) is 1. The van der Waals surface area contributed by atoms with Gasteiger partial charge in [0.15, 0.2) is 0 Å². The third-order valence-electron chi connectivity index (χ3n) is 1.93. The van der Waals surface area contributed by atoms with E-state index in [1.165, 1.54) is 16.8 Å². The third-order valence-corrected chi connectivity index (χ3v) is 1.93. The lowest BCUT2D eigenvalue weighted by atomic mass is 10.1. The SMILES string of the molecule is Cc1ccc2c(c1)C=CC=CN2.[HH]. The van der Waals surface area contributed by atoms with Crippen LogP contribution in [0.4, 0.5) is 5.69 Å². The van der Waals surface area contributed by atoms with Crippen LogP contribution in [0.25, 0.3) is 6.08 Å². The summed E-state index contributed by atoms with van der Waals surface area (Å²) < 4.78 is 0. The standard InChI is InChI=1S/C11H11N.H2/c1-9-5-6-11-10(8-9)4-2-3-7-12-11;/h2-8,12H,1H3;1H. The lowest BCUT2D eigenvalue weighted by Gasteiger charge is -2.04. The van der Waals surface area contributed by atoms with Crippen LogP contribution in [-0.4, -0.2) is 0 Å². The van der Waals surface area contributed by atoms with Crippen molar-refractivity contribution in [1.82, 2.24) is 0 Å². The summed E-state index contributed by atoms with van der Waals surface area (Å²) in [5, 5.41) is 3.21. The maximum absolute atomic E-state index is 3.21. The molecule has 0 bridgehead atoms. The maximum Gasteiger partial charge on any atom is 0.0453 e. The molecule has 0 aliphatic carbocycles. The topological polar surface area (TPSA) is 12.0 Å². The molecule has 0 amide bonds. The van der Waals surface area contributed by atoms with Crippen molar-refractivity contribution < 1.29 is 1.43 Å². The number of nitrogens with one attached hydrogen (secondary N) is 1. The summed E-state index contributed by atoms with van der Waals surface area (Å²) in [6, 6.07) is 6.38. The van der Waals surface area contributed by atoms with Gasteiger partial charge in [-0.15, -0.1) is 0 Å². The normalized spacial score (nSPS) is 13.4. The molecule has 0 aromatic heterocycles. The fourth-order valence-electron chi connectivity index (χ4n) is 1.30. The van der Waals surface area contributed by atoms with E-state index in [0.717, 1.165) is 0 Å². The van der Waals surface area contributed by atoms with Crippen LogP contribution in [0.3, 0.4) is 0 Å². The Morgan fingerprint density at radius 2 is 2.17 bits per heavy atom. The van der Waals surface area contributed by atoms with Crippen molar-refractivity contribution in [2.45, 2.75) is 6.92 Å². The van der Waals surface area contributed by atoms with Crippen molar-refractivity contribution >= 4 is 11.8 Å². The number of benzene rings is 1. The van der Waals surface area contributed by atoms with Gasteiger partial charge in [-0.1, -0.05) is 23.8 Å². The molecule has 62 valence electrons. The molecule has 1 heterocycles. The Morgan fingerprint density at radius 1 is 1.25 bits per heavy atom. The molecule has 1 N–H and O–H groups in total. The number of fused-ring (bicyclic) bond motifs is 1. The number of allylic oxidation sites excluding steroid dienone is 2. The molecular weight excluding hydrogens is 146 g/mol. The molecule has 1 aromatic rings. The molecule has 1 aliphatic heterocycles. The lowest BCUT2D eigenvalue weighted by molar-refractivity contribution is 1.45. The van der Waals surface area contributed by atoms with Crippen LogP contribution in [0.2, 0.25) is 0 Å². The molecule has 0 saturated carbocycles. The van der Waals surface area contributed by atoms with E-state index in [4.69, 9.17) is 0 Å². The summed E-state index contributed by atoms with van der Waals surface area (Å²) in [6.07, 6.45) is 8.09. The minimum Gasteiger partial charge on any atom is -0.361 e. The Bertz CT molecular complexity index is 353. The first kappa shape index (κ1) is 7.17. The van der Waals surface area contributed by atoms with Crippen molar-refractivity contribution in [3.8, 4) is 0 Å². The highest BCUT2D eigenvalue weighted by Gasteiger charge is 1.98. The molecule has 1 heteroatoms. The molecule has 1 nitrogen and oxygen atoms in total. The molecule has 0 spiro atoms. The van der Waals surface area contributed by atoms with Crippen LogP contribution >= 0.6 is 0 Å². The van der Waals surface area contributed by atoms with Crippen LogP contribution in [-0.2, 0) is 0 Å². The Balaban J connectivity index is 0.000000845. The van der Waals surface area contributed by atoms with Crippen LogP contribution in [0, 0.1) is 6.92 Å². The molecular formula is C11H13N. The highest BCUT2D eigenvalue weighted by atomic mass is 14.8. The predicted octanol–water partition coefficient (Wildman–Crippen LogP) is 3.19. The molecule has 0 unspecified atom stereocenters. The van der Waals surface area contributed by atoms with E-state index in [9.17, 15) is 0 Å². The average Bonchev–Trinajstić information content (AvgIpc) is 2.28. The molecule has 12 heavy (non-hydrogen) atoms. The molecule has 1 aromatic carbocycles. The lowest BCUT2D eigenvalue weighted by Crippen LogP contribution is -1.89. The summed E-state index contributed by atoms with van der Waals surface area (Å²) in [4.78, 5) is 0. The number of rotatable bonds is 0. The van der Waals surface area contributed by atoms with Gasteiger partial charge in [0.25, 0.3) is 0 Å². The highest BCUT2D eigenvalue weighted by molar-refractivity contribution is 5.70. The largest absolute Gasteiger partial charge is 0.361 e. The van der Waals surface area contributed by atoms with Crippen molar-refractivity contribution in [2.24, 2.45) is 0 Å². The summed E-state index contributed by atoms with van der Waals surface area (Å²) in [5.74, 6) is 0. The predicted molar refractivity (Wildman–Crippen MR) is 55.1 cm³/mol. The number of anilines is 1. The van der Waals surface area contributed by atoms with Gasteiger partial charge in [0.1, 0.15) is 0 Å². The number of aryl methyl sites for hydroxylation is 1. The van der Waals surface area contributed by atoms with Crippen molar-refractivity contribution in [3.05, 3.63) is 47.7 Å².